The summed E-state index contributed by atoms with van der Waals surface area (Å²) >= 11 is 0. The zero-order chi connectivity index (χ0) is 4.50. The van der Waals surface area contributed by atoms with E-state index in [4.69, 9.17) is 17.5 Å². The van der Waals surface area contributed by atoms with E-state index >= 15 is 0 Å². The summed E-state index contributed by atoms with van der Waals surface area (Å²) in [6.07, 6.45) is 0. The van der Waals surface area contributed by atoms with E-state index in [1.807, 2.05) is 0 Å². The van der Waals surface area contributed by atoms with Crippen LogP contribution < -0.4 is 117 Å². The van der Waals surface area contributed by atoms with E-state index in [1.165, 1.54) is 0 Å². The van der Waals surface area contributed by atoms with Gasteiger partial charge in [-0.05, 0) is 0 Å². The monoisotopic (exact) mass is 543 g/mol. The molecule has 0 radical (unpaired) electrons. The maximum Gasteiger partial charge on any atom is 2.00 e. The van der Waals surface area contributed by atoms with Crippen LogP contribution in [0.15, 0.2) is 0 Å². The topological polar surface area (TPSA) is 110 Å². The van der Waals surface area contributed by atoms with Gasteiger partial charge in [-0.25, -0.2) is 0 Å². The maximum atomic E-state index is 8.74. The first-order valence-corrected chi connectivity index (χ1v) is 2.10. The minimum atomic E-state index is -4.67. The molecule has 0 aromatic carbocycles. The quantitative estimate of drug-likeness (QED) is 0.207. The van der Waals surface area contributed by atoms with Crippen LogP contribution in [-0.2, 0) is 10.4 Å². The average molecular weight is 546 g/mol. The van der Waals surface area contributed by atoms with Gasteiger partial charge >= 0.3 is 189 Å². The predicted octanol–water partition coefficient (Wildman–Crippen LogP) is -7.19. The second-order valence-electron chi connectivity index (χ2n) is 0.448. The van der Waals surface area contributed by atoms with Crippen molar-refractivity contribution in [2.75, 3.05) is 0 Å². The van der Waals surface area contributed by atoms with Gasteiger partial charge in [0.25, 0.3) is 0 Å². The Morgan fingerprint density at radius 2 is 0.875 bits per heavy atom. The molecule has 0 amide bonds. The molecule has 0 bridgehead atoms. The number of rotatable bonds is 0. The number of hydrogen-bond acceptors (Lipinski definition) is 3. The largest absolute Gasteiger partial charge is 2.00 e. The number of halogens is 5. The first kappa shape index (κ1) is 90.5. The van der Waals surface area contributed by atoms with Crippen molar-refractivity contribution in [3.05, 3.63) is 0 Å². The Kier molecular flexibility index (Phi) is 323. The summed E-state index contributed by atoms with van der Waals surface area (Å²) in [7, 11) is -4.67. The molecule has 0 fully saturated rings. The van der Waals surface area contributed by atoms with Gasteiger partial charge in [-0.2, -0.15) is 8.42 Å². The fraction of sp³-hybridized carbons (Fsp3) is 0. The molecule has 5 N–H and O–H groups in total. The smallest absolute Gasteiger partial charge is 1.00 e. The van der Waals surface area contributed by atoms with Gasteiger partial charge in [0, 0.05) is 0 Å². The maximum absolute atomic E-state index is 8.74. The average Bonchev–Trinajstić information content (AvgIpc) is 0.722. The van der Waals surface area contributed by atoms with Crippen molar-refractivity contribution in [3.8, 4) is 0 Å². The van der Waals surface area contributed by atoms with E-state index < -0.39 is 10.4 Å². The van der Waals surface area contributed by atoms with Crippen molar-refractivity contribution < 1.29 is 138 Å². The Balaban J connectivity index is -0.000000000523. The van der Waals surface area contributed by atoms with Crippen LogP contribution in [0.2, 0.25) is 0 Å². The normalized spacial score (nSPS) is 3.62. The molecule has 0 aromatic rings. The van der Waals surface area contributed by atoms with Gasteiger partial charge in [-0.1, -0.05) is 0 Å². The van der Waals surface area contributed by atoms with Gasteiger partial charge in [0.15, 0.2) is 0 Å². The van der Waals surface area contributed by atoms with Crippen LogP contribution in [0.1, 0.15) is 9.99 Å². The van der Waals surface area contributed by atoms with E-state index in [0.717, 1.165) is 0 Å². The molecule has 16 heavy (non-hydrogen) atoms. The van der Waals surface area contributed by atoms with Crippen LogP contribution in [0.4, 0.5) is 0 Å². The van der Waals surface area contributed by atoms with E-state index in [9.17, 15) is 0 Å². The predicted molar refractivity (Wildman–Crippen MR) is 77.8 cm³/mol. The summed E-state index contributed by atoms with van der Waals surface area (Å²) in [5.74, 6) is 0. The Morgan fingerprint density at radius 3 is 0.875 bits per heavy atom. The van der Waals surface area contributed by atoms with E-state index in [2.05, 4.69) is 0 Å². The van der Waals surface area contributed by atoms with Crippen molar-refractivity contribution >= 4 is 146 Å². The molecule has 0 heterocycles. The summed E-state index contributed by atoms with van der Waals surface area (Å²) in [5, 5.41) is 0. The third kappa shape index (κ3) is 164. The van der Waals surface area contributed by atoms with Crippen LogP contribution in [0, 0.1) is 0 Å². The molecule has 94 valence electrons. The zero-order valence-corrected chi connectivity index (χ0v) is 27.1. The van der Waals surface area contributed by atoms with Gasteiger partial charge < -0.3 is 16.1 Å². The zero-order valence-electron chi connectivity index (χ0n) is 16.3. The van der Waals surface area contributed by atoms with Crippen LogP contribution >= 0.6 is 66.6 Å². The fourth-order valence-corrected chi connectivity index (χ4v) is 0. The molecule has 0 atom stereocenters. The molecule has 0 aliphatic carbocycles. The van der Waals surface area contributed by atoms with Gasteiger partial charge in [-0.3, -0.25) is 9.11 Å². The van der Waals surface area contributed by atoms with Crippen molar-refractivity contribution in [2.45, 2.75) is 0 Å². The molecule has 0 saturated carbocycles. The first-order valence-electron chi connectivity index (χ1n) is 0.698. The van der Waals surface area contributed by atoms with Gasteiger partial charge in [-0.15, -0.1) is 66.6 Å². The summed E-state index contributed by atoms with van der Waals surface area (Å²) in [6.45, 7) is 0. The molecule has 0 spiro atoms. The second-order valence-corrected chi connectivity index (χ2v) is 1.34. The molecule has 0 saturated heterocycles. The van der Waals surface area contributed by atoms with Crippen molar-refractivity contribution in [1.82, 2.24) is 6.15 Å². The third-order valence-corrected chi connectivity index (χ3v) is 0. The molecule has 16 heteroatoms. The third-order valence-electron chi connectivity index (χ3n) is 0. The first-order chi connectivity index (χ1) is 2.00. The van der Waals surface area contributed by atoms with Gasteiger partial charge in [0.1, 0.15) is 0 Å². The van der Waals surface area contributed by atoms with Gasteiger partial charge in [0.05, 0.1) is 0 Å². The van der Waals surface area contributed by atoms with E-state index in [0.29, 0.717) is 0 Å². The van der Waals surface area contributed by atoms with E-state index in [1.54, 1.807) is 0 Å². The molecule has 0 aliphatic rings. The van der Waals surface area contributed by atoms with Crippen molar-refractivity contribution in [2.24, 2.45) is 0 Å². The summed E-state index contributed by atoms with van der Waals surface area (Å²) in [5.41, 5.74) is 0. The standard InChI is InChI=1S/BrH.4ClH.K.Mg.H3N.2Na.H2O4S.Sr.7H/c;;;;;;;;;;1-5(2,3)4;;;;;;;;/h5*1H;;;1H3;;;(H2,1,2,3,4);;;;;;;;/q;;;;;+1;+2;;2*+1;;+2;7*-1. The molecule has 5 nitrogen and oxygen atoms in total. The van der Waals surface area contributed by atoms with E-state index in [-0.39, 0.29) is 262 Å². The summed E-state index contributed by atoms with van der Waals surface area (Å²) in [6, 6.07) is 0. The molecular formula is H17BrCl4KMgNNa2O4SSr. The fourth-order valence-electron chi connectivity index (χ4n) is 0. The molecule has 0 rings (SSSR count). The Bertz CT molecular complexity index is 150. The molecule has 0 unspecified atom stereocenters. The summed E-state index contributed by atoms with van der Waals surface area (Å²) in [4.78, 5) is 0. The minimum absolute atomic E-state index is 0. The SMILES string of the molecule is Br.Cl.Cl.Cl.Cl.N.O=S(=O)(O)O.[H-].[H-].[H-].[H-].[H-].[H-].[H-].[K+].[Mg+2].[Na+].[Na+].[Sr+2]. The van der Waals surface area contributed by atoms with Crippen LogP contribution in [0.3, 0.4) is 0 Å². The molecular weight excluding hydrogens is 529 g/mol. The van der Waals surface area contributed by atoms with Crippen LogP contribution in [0.5, 0.6) is 0 Å². The number of hydrogen-bond donors (Lipinski definition) is 3. The second kappa shape index (κ2) is 57.2. The Labute approximate surface area is 282 Å². The Morgan fingerprint density at radius 1 is 0.875 bits per heavy atom. The Hall–Kier alpha value is 7.35. The molecule has 0 aromatic heterocycles. The van der Waals surface area contributed by atoms with Crippen molar-refractivity contribution in [1.29, 1.82) is 0 Å². The van der Waals surface area contributed by atoms with Gasteiger partial charge in [0.2, 0.25) is 0 Å². The van der Waals surface area contributed by atoms with Crippen molar-refractivity contribution in [3.63, 3.8) is 0 Å². The van der Waals surface area contributed by atoms with Crippen LogP contribution in [-0.4, -0.2) is 86.1 Å². The molecule has 0 aliphatic heterocycles. The summed E-state index contributed by atoms with van der Waals surface area (Å²) < 4.78 is 31.6. The minimum Gasteiger partial charge on any atom is -1.00 e. The van der Waals surface area contributed by atoms with Crippen LogP contribution in [0.25, 0.3) is 0 Å².